The molecule has 0 amide bonds. The SMILES string of the molecule is c1cc2c(cc1-c1noc(CC3CSCCN3)n1)CCO2. The van der Waals surface area contributed by atoms with Crippen molar-refractivity contribution in [3.63, 3.8) is 0 Å². The molecule has 2 aromatic rings. The van der Waals surface area contributed by atoms with Crippen LogP contribution >= 0.6 is 11.8 Å². The van der Waals surface area contributed by atoms with Crippen molar-refractivity contribution in [3.05, 3.63) is 29.7 Å². The van der Waals surface area contributed by atoms with Crippen LogP contribution in [0.3, 0.4) is 0 Å². The van der Waals surface area contributed by atoms with E-state index in [1.807, 2.05) is 23.9 Å². The van der Waals surface area contributed by atoms with Crippen molar-refractivity contribution in [3.8, 4) is 17.1 Å². The quantitative estimate of drug-likeness (QED) is 0.935. The second kappa shape index (κ2) is 5.69. The molecule has 1 unspecified atom stereocenters. The van der Waals surface area contributed by atoms with Crippen LogP contribution in [0.1, 0.15) is 11.5 Å². The van der Waals surface area contributed by atoms with E-state index in [9.17, 15) is 0 Å². The molecule has 0 radical (unpaired) electrons. The highest BCUT2D eigenvalue weighted by Gasteiger charge is 2.19. The Hall–Kier alpha value is -1.53. The molecule has 1 N–H and O–H groups in total. The van der Waals surface area contributed by atoms with E-state index in [1.54, 1.807) is 0 Å². The maximum atomic E-state index is 5.52. The zero-order valence-corrected chi connectivity index (χ0v) is 12.5. The van der Waals surface area contributed by atoms with Crippen LogP contribution in [0.2, 0.25) is 0 Å². The van der Waals surface area contributed by atoms with Crippen LogP contribution in [0.15, 0.2) is 22.7 Å². The van der Waals surface area contributed by atoms with Crippen molar-refractivity contribution in [1.29, 1.82) is 0 Å². The predicted octanol–water partition coefficient (Wildman–Crippen LogP) is 1.92. The summed E-state index contributed by atoms with van der Waals surface area (Å²) >= 11 is 1.97. The van der Waals surface area contributed by atoms with E-state index >= 15 is 0 Å². The van der Waals surface area contributed by atoms with E-state index in [-0.39, 0.29) is 0 Å². The molecule has 0 aliphatic carbocycles. The van der Waals surface area contributed by atoms with Gasteiger partial charge in [0.05, 0.1) is 6.61 Å². The van der Waals surface area contributed by atoms with E-state index in [0.29, 0.717) is 17.8 Å². The Bertz CT molecular complexity index is 638. The first-order chi connectivity index (χ1) is 10.4. The van der Waals surface area contributed by atoms with Crippen molar-refractivity contribution in [2.45, 2.75) is 18.9 Å². The second-order valence-corrected chi connectivity index (χ2v) is 6.51. The van der Waals surface area contributed by atoms with Gasteiger partial charge in [-0.25, -0.2) is 0 Å². The zero-order chi connectivity index (χ0) is 14.1. The zero-order valence-electron chi connectivity index (χ0n) is 11.7. The lowest BCUT2D eigenvalue weighted by atomic mass is 10.1. The molecule has 0 spiro atoms. The standard InChI is InChI=1S/C15H17N3O2S/c1-2-13-10(3-5-19-13)7-11(1)15-17-14(20-18-15)8-12-9-21-6-4-16-12/h1-2,7,12,16H,3-6,8-9H2. The van der Waals surface area contributed by atoms with E-state index in [2.05, 4.69) is 21.5 Å². The van der Waals surface area contributed by atoms with Gasteiger partial charge in [-0.1, -0.05) is 5.16 Å². The maximum Gasteiger partial charge on any atom is 0.228 e. The molecule has 5 nitrogen and oxygen atoms in total. The first kappa shape index (κ1) is 13.2. The number of ether oxygens (including phenoxy) is 1. The van der Waals surface area contributed by atoms with Crippen LogP contribution in [0.5, 0.6) is 5.75 Å². The summed E-state index contributed by atoms with van der Waals surface area (Å²) in [4.78, 5) is 4.53. The molecule has 1 aromatic heterocycles. The molecular formula is C15H17N3O2S. The topological polar surface area (TPSA) is 60.2 Å². The van der Waals surface area contributed by atoms with Gasteiger partial charge in [-0.2, -0.15) is 16.7 Å². The molecule has 2 aliphatic rings. The number of aromatic nitrogens is 2. The molecule has 0 saturated carbocycles. The molecule has 1 fully saturated rings. The van der Waals surface area contributed by atoms with Gasteiger partial charge in [0.1, 0.15) is 5.75 Å². The van der Waals surface area contributed by atoms with Crippen LogP contribution in [-0.4, -0.2) is 40.8 Å². The Morgan fingerprint density at radius 3 is 3.29 bits per heavy atom. The van der Waals surface area contributed by atoms with Gasteiger partial charge in [0.25, 0.3) is 0 Å². The molecule has 0 bridgehead atoms. The summed E-state index contributed by atoms with van der Waals surface area (Å²) in [5.74, 6) is 4.65. The fourth-order valence-corrected chi connectivity index (χ4v) is 3.69. The number of rotatable bonds is 3. The van der Waals surface area contributed by atoms with Crippen molar-refractivity contribution in [1.82, 2.24) is 15.5 Å². The minimum atomic E-state index is 0.436. The van der Waals surface area contributed by atoms with Crippen LogP contribution in [0.25, 0.3) is 11.4 Å². The predicted molar refractivity (Wildman–Crippen MR) is 81.8 cm³/mol. The van der Waals surface area contributed by atoms with Crippen molar-refractivity contribution < 1.29 is 9.26 Å². The summed E-state index contributed by atoms with van der Waals surface area (Å²) in [6.07, 6.45) is 1.76. The third-order valence-electron chi connectivity index (χ3n) is 3.84. The van der Waals surface area contributed by atoms with Crippen LogP contribution in [0, 0.1) is 0 Å². The van der Waals surface area contributed by atoms with Gasteiger partial charge < -0.3 is 14.6 Å². The Kier molecular flexibility index (Phi) is 3.57. The fourth-order valence-electron chi connectivity index (χ4n) is 2.74. The summed E-state index contributed by atoms with van der Waals surface area (Å²) in [5.41, 5.74) is 2.23. The number of benzene rings is 1. The highest BCUT2D eigenvalue weighted by molar-refractivity contribution is 7.99. The summed E-state index contributed by atoms with van der Waals surface area (Å²) in [5, 5.41) is 7.60. The summed E-state index contributed by atoms with van der Waals surface area (Å²) < 4.78 is 10.9. The van der Waals surface area contributed by atoms with Gasteiger partial charge in [-0.15, -0.1) is 0 Å². The van der Waals surface area contributed by atoms with Gasteiger partial charge >= 0.3 is 0 Å². The van der Waals surface area contributed by atoms with Crippen molar-refractivity contribution >= 4 is 11.8 Å². The van der Waals surface area contributed by atoms with Gasteiger partial charge in [0.2, 0.25) is 11.7 Å². The molecule has 6 heteroatoms. The highest BCUT2D eigenvalue weighted by Crippen LogP contribution is 2.29. The van der Waals surface area contributed by atoms with Gasteiger partial charge in [0.15, 0.2) is 0 Å². The maximum absolute atomic E-state index is 5.52. The van der Waals surface area contributed by atoms with Crippen LogP contribution < -0.4 is 10.1 Å². The Morgan fingerprint density at radius 2 is 2.38 bits per heavy atom. The Balaban J connectivity index is 1.51. The third kappa shape index (κ3) is 2.78. The number of hydrogen-bond acceptors (Lipinski definition) is 6. The monoisotopic (exact) mass is 303 g/mol. The van der Waals surface area contributed by atoms with Gasteiger partial charge in [-0.3, -0.25) is 0 Å². The lowest BCUT2D eigenvalue weighted by molar-refractivity contribution is 0.357. The summed E-state index contributed by atoms with van der Waals surface area (Å²) in [7, 11) is 0. The lowest BCUT2D eigenvalue weighted by Gasteiger charge is -2.21. The van der Waals surface area contributed by atoms with E-state index in [1.165, 1.54) is 11.3 Å². The van der Waals surface area contributed by atoms with Crippen molar-refractivity contribution in [2.24, 2.45) is 0 Å². The summed E-state index contributed by atoms with van der Waals surface area (Å²) in [6, 6.07) is 6.53. The molecule has 1 aromatic carbocycles. The molecule has 4 rings (SSSR count). The smallest absolute Gasteiger partial charge is 0.228 e. The number of hydrogen-bond donors (Lipinski definition) is 1. The summed E-state index contributed by atoms with van der Waals surface area (Å²) in [6.45, 7) is 1.82. The van der Waals surface area contributed by atoms with Crippen LogP contribution in [0.4, 0.5) is 0 Å². The molecular weight excluding hydrogens is 286 g/mol. The molecule has 21 heavy (non-hydrogen) atoms. The second-order valence-electron chi connectivity index (χ2n) is 5.36. The van der Waals surface area contributed by atoms with Crippen LogP contribution in [-0.2, 0) is 12.8 Å². The number of thioether (sulfide) groups is 1. The van der Waals surface area contributed by atoms with Crippen molar-refractivity contribution in [2.75, 3.05) is 24.7 Å². The van der Waals surface area contributed by atoms with E-state index in [0.717, 1.165) is 43.1 Å². The minimum absolute atomic E-state index is 0.436. The normalized spacial score (nSPS) is 21.0. The fraction of sp³-hybridized carbons (Fsp3) is 0.467. The average Bonchev–Trinajstić information content (AvgIpc) is 3.16. The first-order valence-electron chi connectivity index (χ1n) is 7.28. The minimum Gasteiger partial charge on any atom is -0.493 e. The van der Waals surface area contributed by atoms with Gasteiger partial charge in [0, 0.05) is 42.5 Å². The third-order valence-corrected chi connectivity index (χ3v) is 4.97. The number of fused-ring (bicyclic) bond motifs is 1. The lowest BCUT2D eigenvalue weighted by Crippen LogP contribution is -2.38. The Labute approximate surface area is 127 Å². The molecule has 110 valence electrons. The Morgan fingerprint density at radius 1 is 1.38 bits per heavy atom. The number of nitrogens with zero attached hydrogens (tertiary/aromatic N) is 2. The molecule has 2 aliphatic heterocycles. The highest BCUT2D eigenvalue weighted by atomic mass is 32.2. The largest absolute Gasteiger partial charge is 0.493 e. The van der Waals surface area contributed by atoms with E-state index in [4.69, 9.17) is 9.26 Å². The number of nitrogens with one attached hydrogen (secondary N) is 1. The van der Waals surface area contributed by atoms with Gasteiger partial charge in [-0.05, 0) is 23.8 Å². The molecule has 3 heterocycles. The molecule has 1 atom stereocenters. The van der Waals surface area contributed by atoms with E-state index < -0.39 is 0 Å². The average molecular weight is 303 g/mol. The first-order valence-corrected chi connectivity index (χ1v) is 8.44. The molecule has 1 saturated heterocycles.